The maximum Gasteiger partial charge on any atom is 0.133 e. The lowest BCUT2D eigenvalue weighted by molar-refractivity contribution is 0.412. The summed E-state index contributed by atoms with van der Waals surface area (Å²) in [5, 5.41) is 0. The Kier molecular flexibility index (Phi) is 4.22. The van der Waals surface area contributed by atoms with Crippen LogP contribution in [-0.2, 0) is 0 Å². The Morgan fingerprint density at radius 1 is 1.25 bits per heavy atom. The smallest absolute Gasteiger partial charge is 0.133 e. The van der Waals surface area contributed by atoms with E-state index >= 15 is 0 Å². The van der Waals surface area contributed by atoms with E-state index in [0.29, 0.717) is 5.92 Å². The van der Waals surface area contributed by atoms with Crippen molar-refractivity contribution in [3.8, 4) is 16.2 Å². The molecule has 0 aliphatic heterocycles. The van der Waals surface area contributed by atoms with Crippen LogP contribution in [0.5, 0.6) is 5.75 Å². The van der Waals surface area contributed by atoms with Crippen molar-refractivity contribution in [2.24, 2.45) is 11.7 Å². The first-order valence-electron chi connectivity index (χ1n) is 6.49. The van der Waals surface area contributed by atoms with E-state index in [1.807, 2.05) is 12.1 Å². The normalized spacial score (nSPS) is 16.2. The second kappa shape index (κ2) is 5.79. The van der Waals surface area contributed by atoms with Gasteiger partial charge in [0.25, 0.3) is 0 Å². The van der Waals surface area contributed by atoms with Gasteiger partial charge in [-0.1, -0.05) is 15.9 Å². The maximum atomic E-state index is 6.28. The lowest BCUT2D eigenvalue weighted by Crippen LogP contribution is -2.10. The molecular formula is C15H15Br2NOS. The number of rotatable bonds is 4. The van der Waals surface area contributed by atoms with Gasteiger partial charge in [-0.3, -0.25) is 0 Å². The molecule has 1 aromatic heterocycles. The zero-order valence-electron chi connectivity index (χ0n) is 11.0. The van der Waals surface area contributed by atoms with Crippen LogP contribution in [0.1, 0.15) is 23.8 Å². The quantitative estimate of drug-likeness (QED) is 0.728. The van der Waals surface area contributed by atoms with Crippen LogP contribution in [0.2, 0.25) is 0 Å². The summed E-state index contributed by atoms with van der Waals surface area (Å²) in [5.74, 6) is 1.52. The monoisotopic (exact) mass is 415 g/mol. The Hall–Kier alpha value is -0.360. The molecule has 0 bridgehead atoms. The van der Waals surface area contributed by atoms with Gasteiger partial charge in [0.2, 0.25) is 0 Å². The SMILES string of the molecule is COc1cc(-c2ccc(C(N)C3CC3)s2)c(Br)cc1Br. The van der Waals surface area contributed by atoms with E-state index in [9.17, 15) is 0 Å². The number of benzene rings is 1. The van der Waals surface area contributed by atoms with Crippen molar-refractivity contribution >= 4 is 43.2 Å². The van der Waals surface area contributed by atoms with Crippen molar-refractivity contribution in [3.63, 3.8) is 0 Å². The second-order valence-corrected chi connectivity index (χ2v) is 7.86. The lowest BCUT2D eigenvalue weighted by atomic mass is 10.1. The topological polar surface area (TPSA) is 35.2 Å². The molecule has 1 atom stereocenters. The minimum atomic E-state index is 0.199. The van der Waals surface area contributed by atoms with Gasteiger partial charge in [-0.05, 0) is 59.0 Å². The van der Waals surface area contributed by atoms with E-state index in [-0.39, 0.29) is 6.04 Å². The summed E-state index contributed by atoms with van der Waals surface area (Å²) in [6.07, 6.45) is 2.54. The van der Waals surface area contributed by atoms with Gasteiger partial charge < -0.3 is 10.5 Å². The van der Waals surface area contributed by atoms with Gasteiger partial charge in [0.15, 0.2) is 0 Å². The average Bonchev–Trinajstić information content (AvgIpc) is 3.16. The van der Waals surface area contributed by atoms with E-state index in [1.165, 1.54) is 22.6 Å². The van der Waals surface area contributed by atoms with E-state index in [0.717, 1.165) is 20.3 Å². The third kappa shape index (κ3) is 2.82. The standard InChI is InChI=1S/C15H15Br2NOS/c1-19-12-6-9(10(16)7-11(12)17)13-4-5-14(20-13)15(18)8-2-3-8/h4-8,15H,2-3,18H2,1H3. The molecule has 2 N–H and O–H groups in total. The molecule has 0 radical (unpaired) electrons. The number of hydrogen-bond acceptors (Lipinski definition) is 3. The number of methoxy groups -OCH3 is 1. The number of halogens is 2. The summed E-state index contributed by atoms with van der Waals surface area (Å²) >= 11 is 8.90. The highest BCUT2D eigenvalue weighted by Gasteiger charge is 2.30. The number of ether oxygens (including phenoxy) is 1. The van der Waals surface area contributed by atoms with Crippen LogP contribution < -0.4 is 10.5 Å². The first-order valence-corrected chi connectivity index (χ1v) is 8.89. The van der Waals surface area contributed by atoms with Crippen molar-refractivity contribution in [1.29, 1.82) is 0 Å². The van der Waals surface area contributed by atoms with Gasteiger partial charge in [-0.2, -0.15) is 0 Å². The zero-order chi connectivity index (χ0) is 14.3. The van der Waals surface area contributed by atoms with E-state index in [1.54, 1.807) is 18.4 Å². The summed E-state index contributed by atoms with van der Waals surface area (Å²) in [6.45, 7) is 0. The van der Waals surface area contributed by atoms with Gasteiger partial charge in [0, 0.05) is 25.8 Å². The molecule has 1 unspecified atom stereocenters. The molecule has 0 spiro atoms. The lowest BCUT2D eigenvalue weighted by Gasteiger charge is -2.09. The van der Waals surface area contributed by atoms with Crippen molar-refractivity contribution in [1.82, 2.24) is 0 Å². The van der Waals surface area contributed by atoms with Gasteiger partial charge >= 0.3 is 0 Å². The third-order valence-electron chi connectivity index (χ3n) is 3.59. The highest BCUT2D eigenvalue weighted by Crippen LogP contribution is 2.44. The first-order chi connectivity index (χ1) is 9.60. The predicted octanol–water partition coefficient (Wildman–Crippen LogP) is 5.36. The van der Waals surface area contributed by atoms with Crippen LogP contribution >= 0.6 is 43.2 Å². The molecule has 0 saturated heterocycles. The van der Waals surface area contributed by atoms with Crippen LogP contribution in [0.25, 0.3) is 10.4 Å². The highest BCUT2D eigenvalue weighted by atomic mass is 79.9. The Morgan fingerprint density at radius 3 is 2.65 bits per heavy atom. The Bertz CT molecular complexity index is 637. The van der Waals surface area contributed by atoms with Crippen molar-refractivity contribution in [2.75, 3.05) is 7.11 Å². The summed E-state index contributed by atoms with van der Waals surface area (Å²) < 4.78 is 7.38. The first kappa shape index (κ1) is 14.6. The van der Waals surface area contributed by atoms with Crippen molar-refractivity contribution < 1.29 is 4.74 Å². The van der Waals surface area contributed by atoms with Crippen LogP contribution in [0.4, 0.5) is 0 Å². The summed E-state index contributed by atoms with van der Waals surface area (Å²) in [7, 11) is 1.68. The summed E-state index contributed by atoms with van der Waals surface area (Å²) in [5.41, 5.74) is 7.42. The average molecular weight is 417 g/mol. The van der Waals surface area contributed by atoms with E-state index in [2.05, 4.69) is 44.0 Å². The third-order valence-corrected chi connectivity index (χ3v) is 6.09. The Morgan fingerprint density at radius 2 is 2.00 bits per heavy atom. The molecule has 20 heavy (non-hydrogen) atoms. The molecule has 2 nitrogen and oxygen atoms in total. The largest absolute Gasteiger partial charge is 0.496 e. The summed E-state index contributed by atoms with van der Waals surface area (Å²) in [6, 6.07) is 8.57. The van der Waals surface area contributed by atoms with Gasteiger partial charge in [-0.25, -0.2) is 0 Å². The van der Waals surface area contributed by atoms with Crippen LogP contribution in [0.15, 0.2) is 33.2 Å². The van der Waals surface area contributed by atoms with Crippen LogP contribution in [0.3, 0.4) is 0 Å². The minimum Gasteiger partial charge on any atom is -0.496 e. The number of hydrogen-bond donors (Lipinski definition) is 1. The maximum absolute atomic E-state index is 6.28. The van der Waals surface area contributed by atoms with Crippen LogP contribution in [-0.4, -0.2) is 7.11 Å². The predicted molar refractivity (Wildman–Crippen MR) is 91.4 cm³/mol. The van der Waals surface area contributed by atoms with Crippen molar-refractivity contribution in [2.45, 2.75) is 18.9 Å². The molecular weight excluding hydrogens is 402 g/mol. The molecule has 2 aromatic rings. The molecule has 1 saturated carbocycles. The molecule has 1 aliphatic rings. The van der Waals surface area contributed by atoms with E-state index in [4.69, 9.17) is 10.5 Å². The van der Waals surface area contributed by atoms with Gasteiger partial charge in [-0.15, -0.1) is 11.3 Å². The number of nitrogens with two attached hydrogens (primary N) is 1. The number of thiophene rings is 1. The Labute approximate surface area is 139 Å². The minimum absolute atomic E-state index is 0.199. The van der Waals surface area contributed by atoms with Crippen molar-refractivity contribution in [3.05, 3.63) is 38.1 Å². The van der Waals surface area contributed by atoms with Crippen LogP contribution in [0, 0.1) is 5.92 Å². The molecule has 5 heteroatoms. The van der Waals surface area contributed by atoms with Gasteiger partial charge in [0.1, 0.15) is 5.75 Å². The summed E-state index contributed by atoms with van der Waals surface area (Å²) in [4.78, 5) is 2.49. The molecule has 1 aliphatic carbocycles. The molecule has 0 amide bonds. The fourth-order valence-electron chi connectivity index (χ4n) is 2.24. The molecule has 1 aromatic carbocycles. The van der Waals surface area contributed by atoms with E-state index < -0.39 is 0 Å². The fraction of sp³-hybridized carbons (Fsp3) is 0.333. The molecule has 106 valence electrons. The Balaban J connectivity index is 1.96. The van der Waals surface area contributed by atoms with Gasteiger partial charge in [0.05, 0.1) is 11.6 Å². The highest BCUT2D eigenvalue weighted by molar-refractivity contribution is 9.11. The molecule has 3 rings (SSSR count). The zero-order valence-corrected chi connectivity index (χ0v) is 15.0. The second-order valence-electron chi connectivity index (χ2n) is 5.03. The fourth-order valence-corrected chi connectivity index (χ4v) is 4.87. The molecule has 1 heterocycles. The molecule has 1 fully saturated rings.